The molecule has 2 aromatic carbocycles. The molecule has 0 bridgehead atoms. The molecular weight excluding hydrogens is 360 g/mol. The number of carbonyl (C=O) groups excluding carboxylic acids is 3. The van der Waals surface area contributed by atoms with Crippen LogP contribution in [-0.2, 0) is 14.3 Å². The lowest BCUT2D eigenvalue weighted by Crippen LogP contribution is -2.31. The van der Waals surface area contributed by atoms with Crippen LogP contribution in [-0.4, -0.2) is 30.4 Å². The molecule has 1 amide bonds. The van der Waals surface area contributed by atoms with E-state index in [2.05, 4.69) is 5.32 Å². The van der Waals surface area contributed by atoms with Crippen molar-refractivity contribution in [1.82, 2.24) is 0 Å². The summed E-state index contributed by atoms with van der Waals surface area (Å²) in [5.41, 5.74) is 1.41. The minimum Gasteiger partial charge on any atom is -0.482 e. The van der Waals surface area contributed by atoms with Crippen LogP contribution in [0.5, 0.6) is 5.75 Å². The molecular formula is C21H20N2O5. The number of anilines is 1. The molecule has 0 fully saturated rings. The van der Waals surface area contributed by atoms with Crippen LogP contribution in [0.1, 0.15) is 36.2 Å². The van der Waals surface area contributed by atoms with Crippen molar-refractivity contribution in [3.63, 3.8) is 0 Å². The molecule has 1 N–H and O–H groups in total. The Labute approximate surface area is 162 Å². The second kappa shape index (κ2) is 9.88. The maximum absolute atomic E-state index is 12.1. The van der Waals surface area contributed by atoms with Crippen molar-refractivity contribution in [2.75, 3.05) is 11.9 Å². The molecule has 0 heterocycles. The number of ketones is 1. The number of nitriles is 1. The van der Waals surface area contributed by atoms with Gasteiger partial charge in [0.1, 0.15) is 5.75 Å². The van der Waals surface area contributed by atoms with Crippen LogP contribution in [0.25, 0.3) is 0 Å². The lowest BCUT2D eigenvalue weighted by atomic mass is 10.1. The SMILES string of the molecule is CCC(=O)c1ccc(OCC(=O)O[C@@H](C)C(=O)Nc2cccc(C#N)c2)cc1. The van der Waals surface area contributed by atoms with Gasteiger partial charge in [-0.25, -0.2) is 4.79 Å². The summed E-state index contributed by atoms with van der Waals surface area (Å²) >= 11 is 0. The first-order chi connectivity index (χ1) is 13.4. The second-order valence-electron chi connectivity index (χ2n) is 5.90. The van der Waals surface area contributed by atoms with E-state index in [0.717, 1.165) is 0 Å². The van der Waals surface area contributed by atoms with Crippen LogP contribution in [0, 0.1) is 11.3 Å². The van der Waals surface area contributed by atoms with E-state index in [0.29, 0.717) is 29.0 Å². The third kappa shape index (κ3) is 5.95. The predicted octanol–water partition coefficient (Wildman–Crippen LogP) is 3.10. The standard InChI is InChI=1S/C21H20N2O5/c1-3-19(24)16-7-9-18(10-8-16)27-13-20(25)28-14(2)21(26)23-17-6-4-5-15(11-17)12-22/h4-11,14H,3,13H2,1-2H3,(H,23,26)/t14-/m0/s1. The predicted molar refractivity (Wildman–Crippen MR) is 102 cm³/mol. The van der Waals surface area contributed by atoms with E-state index in [1.54, 1.807) is 49.4 Å². The van der Waals surface area contributed by atoms with Gasteiger partial charge in [-0.05, 0) is 49.4 Å². The van der Waals surface area contributed by atoms with E-state index in [9.17, 15) is 14.4 Å². The van der Waals surface area contributed by atoms with Crippen LogP contribution in [0.4, 0.5) is 5.69 Å². The summed E-state index contributed by atoms with van der Waals surface area (Å²) in [5.74, 6) is -0.797. The van der Waals surface area contributed by atoms with Crippen molar-refractivity contribution >= 4 is 23.3 Å². The van der Waals surface area contributed by atoms with E-state index in [4.69, 9.17) is 14.7 Å². The van der Waals surface area contributed by atoms with Crippen LogP contribution in [0.3, 0.4) is 0 Å². The number of hydrogen-bond donors (Lipinski definition) is 1. The molecule has 2 aromatic rings. The molecule has 7 nitrogen and oxygen atoms in total. The van der Waals surface area contributed by atoms with Gasteiger partial charge in [-0.2, -0.15) is 5.26 Å². The maximum Gasteiger partial charge on any atom is 0.344 e. The third-order valence-electron chi connectivity index (χ3n) is 3.79. The number of benzene rings is 2. The van der Waals surface area contributed by atoms with Gasteiger partial charge in [-0.15, -0.1) is 0 Å². The number of rotatable bonds is 8. The molecule has 0 unspecified atom stereocenters. The zero-order valence-corrected chi connectivity index (χ0v) is 15.6. The number of amides is 1. The van der Waals surface area contributed by atoms with E-state index < -0.39 is 18.0 Å². The molecule has 0 aliphatic rings. The van der Waals surface area contributed by atoms with Crippen molar-refractivity contribution in [2.24, 2.45) is 0 Å². The Morgan fingerprint density at radius 2 is 1.86 bits per heavy atom. The van der Waals surface area contributed by atoms with Gasteiger partial charge < -0.3 is 14.8 Å². The fourth-order valence-electron chi connectivity index (χ4n) is 2.28. The molecule has 7 heteroatoms. The van der Waals surface area contributed by atoms with Gasteiger partial charge in [0.15, 0.2) is 18.5 Å². The highest BCUT2D eigenvalue weighted by Gasteiger charge is 2.18. The molecule has 1 atom stereocenters. The largest absolute Gasteiger partial charge is 0.482 e. The Morgan fingerprint density at radius 1 is 1.14 bits per heavy atom. The smallest absolute Gasteiger partial charge is 0.344 e. The summed E-state index contributed by atoms with van der Waals surface area (Å²) in [6, 6.07) is 14.8. The molecule has 28 heavy (non-hydrogen) atoms. The molecule has 0 aliphatic carbocycles. The van der Waals surface area contributed by atoms with Gasteiger partial charge in [0, 0.05) is 17.7 Å². The maximum atomic E-state index is 12.1. The third-order valence-corrected chi connectivity index (χ3v) is 3.79. The fraction of sp³-hybridized carbons (Fsp3) is 0.238. The topological polar surface area (TPSA) is 105 Å². The molecule has 0 aromatic heterocycles. The van der Waals surface area contributed by atoms with E-state index >= 15 is 0 Å². The van der Waals surface area contributed by atoms with Gasteiger partial charge in [0.25, 0.3) is 5.91 Å². The lowest BCUT2D eigenvalue weighted by molar-refractivity contribution is -0.155. The van der Waals surface area contributed by atoms with Crippen LogP contribution in [0.15, 0.2) is 48.5 Å². The highest BCUT2D eigenvalue weighted by molar-refractivity contribution is 5.96. The molecule has 0 saturated heterocycles. The first kappa shape index (κ1) is 20.6. The zero-order chi connectivity index (χ0) is 20.5. The Kier molecular flexibility index (Phi) is 7.28. The van der Waals surface area contributed by atoms with Crippen molar-refractivity contribution < 1.29 is 23.9 Å². The van der Waals surface area contributed by atoms with Crippen LogP contribution < -0.4 is 10.1 Å². The quantitative estimate of drug-likeness (QED) is 0.557. The summed E-state index contributed by atoms with van der Waals surface area (Å²) < 4.78 is 10.4. The molecule has 2 rings (SSSR count). The molecule has 0 radical (unpaired) electrons. The molecule has 0 saturated carbocycles. The number of nitrogens with zero attached hydrogens (tertiary/aromatic N) is 1. The molecule has 144 valence electrons. The van der Waals surface area contributed by atoms with Crippen molar-refractivity contribution in [2.45, 2.75) is 26.4 Å². The van der Waals surface area contributed by atoms with E-state index in [1.165, 1.54) is 13.0 Å². The first-order valence-electron chi connectivity index (χ1n) is 8.69. The highest BCUT2D eigenvalue weighted by atomic mass is 16.6. The molecule has 0 spiro atoms. The van der Waals surface area contributed by atoms with E-state index in [-0.39, 0.29) is 12.4 Å². The summed E-state index contributed by atoms with van der Waals surface area (Å²) in [7, 11) is 0. The summed E-state index contributed by atoms with van der Waals surface area (Å²) in [4.78, 5) is 35.6. The Bertz CT molecular complexity index is 900. The van der Waals surface area contributed by atoms with Gasteiger partial charge in [-0.1, -0.05) is 13.0 Å². The number of hydrogen-bond acceptors (Lipinski definition) is 6. The number of carbonyl (C=O) groups is 3. The van der Waals surface area contributed by atoms with Crippen LogP contribution in [0.2, 0.25) is 0 Å². The zero-order valence-electron chi connectivity index (χ0n) is 15.6. The van der Waals surface area contributed by atoms with Gasteiger partial charge in [0.2, 0.25) is 0 Å². The Morgan fingerprint density at radius 3 is 2.50 bits per heavy atom. The van der Waals surface area contributed by atoms with Gasteiger partial charge in [-0.3, -0.25) is 9.59 Å². The van der Waals surface area contributed by atoms with Crippen molar-refractivity contribution in [1.29, 1.82) is 5.26 Å². The highest BCUT2D eigenvalue weighted by Crippen LogP contribution is 2.14. The summed E-state index contributed by atoms with van der Waals surface area (Å²) in [6.45, 7) is 2.84. The summed E-state index contributed by atoms with van der Waals surface area (Å²) in [5, 5.41) is 11.4. The van der Waals surface area contributed by atoms with Crippen molar-refractivity contribution in [3.05, 3.63) is 59.7 Å². The summed E-state index contributed by atoms with van der Waals surface area (Å²) in [6.07, 6.45) is -0.626. The van der Waals surface area contributed by atoms with Gasteiger partial charge in [0.05, 0.1) is 11.6 Å². The first-order valence-corrected chi connectivity index (χ1v) is 8.69. The second-order valence-corrected chi connectivity index (χ2v) is 5.90. The monoisotopic (exact) mass is 380 g/mol. The Hall–Kier alpha value is -3.66. The number of esters is 1. The number of nitrogens with one attached hydrogen (secondary N) is 1. The average molecular weight is 380 g/mol. The average Bonchev–Trinajstić information content (AvgIpc) is 2.72. The Balaban J connectivity index is 1.82. The van der Waals surface area contributed by atoms with Crippen molar-refractivity contribution in [3.8, 4) is 11.8 Å². The fourth-order valence-corrected chi connectivity index (χ4v) is 2.28. The minimum atomic E-state index is -1.04. The molecule has 0 aliphatic heterocycles. The minimum absolute atomic E-state index is 0.0195. The lowest BCUT2D eigenvalue weighted by Gasteiger charge is -2.14. The van der Waals surface area contributed by atoms with E-state index in [1.807, 2.05) is 6.07 Å². The normalized spacial score (nSPS) is 11.0. The van der Waals surface area contributed by atoms with Crippen LogP contribution >= 0.6 is 0 Å². The van der Waals surface area contributed by atoms with Gasteiger partial charge >= 0.3 is 5.97 Å². The number of ether oxygens (including phenoxy) is 2. The number of Topliss-reactive ketones (excluding diaryl/α,β-unsaturated/α-hetero) is 1.